The van der Waals surface area contributed by atoms with Gasteiger partial charge in [-0.15, -0.1) is 0 Å². The molecule has 0 aliphatic carbocycles. The van der Waals surface area contributed by atoms with Crippen molar-refractivity contribution in [3.8, 4) is 0 Å². The Morgan fingerprint density at radius 3 is 1.09 bits per heavy atom. The first-order chi connectivity index (χ1) is 13.8. The Balaban J connectivity index is 3.78. The summed E-state index contributed by atoms with van der Waals surface area (Å²) in [6.45, 7) is 0. The molecule has 0 heterocycles. The summed E-state index contributed by atoms with van der Waals surface area (Å²) in [5.74, 6) is -62.7. The van der Waals surface area contributed by atoms with Gasteiger partial charge in [-0.3, -0.25) is 4.79 Å². The van der Waals surface area contributed by atoms with E-state index in [1.54, 1.807) is 0 Å². The number of hydrogen-bond acceptors (Lipinski definition) is 1. The molecule has 0 aromatic heterocycles. The quantitative estimate of drug-likeness (QED) is 0.253. The van der Waals surface area contributed by atoms with Crippen LogP contribution in [0.4, 0.5) is 79.0 Å². The zero-order valence-corrected chi connectivity index (χ0v) is 13.7. The van der Waals surface area contributed by atoms with Gasteiger partial charge in [-0.05, 0) is 0 Å². The molecule has 1 aromatic rings. The van der Waals surface area contributed by atoms with Gasteiger partial charge in [0, 0.05) is 0 Å². The van der Waals surface area contributed by atoms with Crippen LogP contribution in [0, 0.1) is 29.1 Å². The predicted octanol–water partition coefficient (Wildman–Crippen LogP) is 6.15. The van der Waals surface area contributed by atoms with Crippen molar-refractivity contribution in [3.63, 3.8) is 0 Å². The number of halogens is 18. The van der Waals surface area contributed by atoms with Gasteiger partial charge in [-0.1, -0.05) is 0 Å². The fraction of sp³-hybridized carbons (Fsp3) is 0.462. The maximum absolute atomic E-state index is 13.8. The lowest BCUT2D eigenvalue weighted by Gasteiger charge is -2.37. The summed E-state index contributed by atoms with van der Waals surface area (Å²) in [4.78, 5) is 11.1. The third kappa shape index (κ3) is 3.43. The van der Waals surface area contributed by atoms with Crippen LogP contribution in [0.3, 0.4) is 0 Å². The topological polar surface area (TPSA) is 17.1 Å². The molecule has 1 nitrogen and oxygen atoms in total. The molecule has 0 aliphatic rings. The van der Waals surface area contributed by atoms with E-state index in [1.807, 2.05) is 0 Å². The van der Waals surface area contributed by atoms with Crippen molar-refractivity contribution < 1.29 is 83.8 Å². The van der Waals surface area contributed by atoms with Crippen molar-refractivity contribution >= 4 is 5.78 Å². The number of carbonyl (C=O) groups excluding carboxylic acids is 1. The summed E-state index contributed by atoms with van der Waals surface area (Å²) in [7, 11) is 0. The summed E-state index contributed by atoms with van der Waals surface area (Å²) in [6, 6.07) is 0. The van der Waals surface area contributed by atoms with Crippen molar-refractivity contribution in [2.24, 2.45) is 0 Å². The van der Waals surface area contributed by atoms with Gasteiger partial charge in [0.15, 0.2) is 23.3 Å². The highest BCUT2D eigenvalue weighted by Crippen LogP contribution is 2.58. The minimum Gasteiger partial charge on any atom is -0.285 e. The number of hydrogen-bond donors (Lipinski definition) is 0. The smallest absolute Gasteiger partial charge is 0.285 e. The van der Waals surface area contributed by atoms with Crippen LogP contribution in [0.2, 0.25) is 0 Å². The highest BCUT2D eigenvalue weighted by molar-refractivity contribution is 5.94. The minimum absolute atomic E-state index is 3.25. The molecule has 0 unspecified atom stereocenters. The highest BCUT2D eigenvalue weighted by atomic mass is 19.4. The molecule has 0 spiro atoms. The van der Waals surface area contributed by atoms with Gasteiger partial charge in [0.1, 0.15) is 5.56 Å². The van der Waals surface area contributed by atoms with Crippen LogP contribution < -0.4 is 0 Å². The number of Topliss-reactive ketones (excluding diaryl/α,β-unsaturated/α-hetero) is 1. The van der Waals surface area contributed by atoms with E-state index < -0.39 is 76.2 Å². The standard InChI is InChI=1S/C13F18O/c14-2-1(3(15)5(17)6(18)4(2)16)8(19,20)7(32)9(21,22)10(23,24)11(25,26)12(27,28)13(29,30)31. The molecule has 0 amide bonds. The summed E-state index contributed by atoms with van der Waals surface area (Å²) in [6.07, 6.45) is -7.73. The van der Waals surface area contributed by atoms with Gasteiger partial charge in [0.05, 0.1) is 0 Å². The molecule has 0 aliphatic heterocycles. The molecule has 0 saturated carbocycles. The fourth-order valence-corrected chi connectivity index (χ4v) is 1.91. The van der Waals surface area contributed by atoms with Crippen LogP contribution in [0.15, 0.2) is 0 Å². The molecule has 184 valence electrons. The lowest BCUT2D eigenvalue weighted by Crippen LogP contribution is -2.69. The molecule has 0 saturated heterocycles. The van der Waals surface area contributed by atoms with Crippen molar-refractivity contribution in [3.05, 3.63) is 34.6 Å². The molecule has 19 heteroatoms. The van der Waals surface area contributed by atoms with E-state index in [-0.39, 0.29) is 0 Å². The Bertz CT molecular complexity index is 897. The Hall–Kier alpha value is -2.37. The van der Waals surface area contributed by atoms with E-state index in [4.69, 9.17) is 0 Å². The average Bonchev–Trinajstić information content (AvgIpc) is 2.62. The predicted molar refractivity (Wildman–Crippen MR) is 61.0 cm³/mol. The summed E-state index contributed by atoms with van der Waals surface area (Å²) in [5, 5.41) is 0. The van der Waals surface area contributed by atoms with E-state index in [0.29, 0.717) is 0 Å². The zero-order valence-electron chi connectivity index (χ0n) is 13.7. The van der Waals surface area contributed by atoms with Gasteiger partial charge in [0.25, 0.3) is 5.78 Å². The van der Waals surface area contributed by atoms with E-state index in [9.17, 15) is 83.8 Å². The molecule has 32 heavy (non-hydrogen) atoms. The first kappa shape index (κ1) is 27.7. The van der Waals surface area contributed by atoms with Crippen molar-refractivity contribution in [2.75, 3.05) is 0 Å². The van der Waals surface area contributed by atoms with Crippen LogP contribution in [-0.4, -0.2) is 35.6 Å². The first-order valence-electron chi connectivity index (χ1n) is 6.86. The van der Waals surface area contributed by atoms with Crippen molar-refractivity contribution in [1.29, 1.82) is 0 Å². The van der Waals surface area contributed by atoms with E-state index in [1.165, 1.54) is 0 Å². The van der Waals surface area contributed by atoms with Crippen LogP contribution in [0.25, 0.3) is 0 Å². The van der Waals surface area contributed by atoms with E-state index >= 15 is 0 Å². The normalized spacial score (nSPS) is 14.7. The molecule has 0 radical (unpaired) electrons. The Morgan fingerprint density at radius 1 is 0.469 bits per heavy atom. The third-order valence-corrected chi connectivity index (χ3v) is 3.63. The highest BCUT2D eigenvalue weighted by Gasteiger charge is 2.89. The summed E-state index contributed by atoms with van der Waals surface area (Å²) < 4.78 is 233. The van der Waals surface area contributed by atoms with E-state index in [0.717, 1.165) is 0 Å². The van der Waals surface area contributed by atoms with Gasteiger partial charge >= 0.3 is 35.8 Å². The number of ketones is 1. The number of alkyl halides is 13. The molecule has 1 aromatic carbocycles. The van der Waals surface area contributed by atoms with Crippen LogP contribution in [0.1, 0.15) is 5.56 Å². The first-order valence-corrected chi connectivity index (χ1v) is 6.86. The molecule has 1 rings (SSSR count). The van der Waals surface area contributed by atoms with Crippen molar-refractivity contribution in [1.82, 2.24) is 0 Å². The van der Waals surface area contributed by atoms with Gasteiger partial charge in [-0.25, -0.2) is 22.0 Å². The van der Waals surface area contributed by atoms with E-state index in [2.05, 4.69) is 0 Å². The summed E-state index contributed by atoms with van der Waals surface area (Å²) >= 11 is 0. The number of benzene rings is 1. The number of carbonyl (C=O) groups is 1. The molecule has 0 fully saturated rings. The summed E-state index contributed by atoms with van der Waals surface area (Å²) in [5.41, 5.74) is -3.90. The lowest BCUT2D eigenvalue weighted by atomic mass is 9.90. The molecule has 0 bridgehead atoms. The Labute approximate surface area is 161 Å². The number of rotatable bonds is 6. The average molecular weight is 514 g/mol. The fourth-order valence-electron chi connectivity index (χ4n) is 1.91. The largest absolute Gasteiger partial charge is 0.460 e. The second-order valence-corrected chi connectivity index (χ2v) is 5.64. The monoisotopic (exact) mass is 514 g/mol. The van der Waals surface area contributed by atoms with Crippen LogP contribution in [-0.2, 0) is 10.7 Å². The molecular weight excluding hydrogens is 514 g/mol. The molecule has 0 atom stereocenters. The SMILES string of the molecule is O=C(C(F)(F)c1c(F)c(F)c(F)c(F)c1F)C(F)(F)C(F)(F)C(F)(F)C(F)(F)C(F)(F)F. The Kier molecular flexibility index (Phi) is 6.33. The maximum Gasteiger partial charge on any atom is 0.460 e. The van der Waals surface area contributed by atoms with Gasteiger partial charge in [0.2, 0.25) is 5.82 Å². The third-order valence-electron chi connectivity index (χ3n) is 3.63. The minimum atomic E-state index is -8.36. The van der Waals surface area contributed by atoms with Crippen LogP contribution in [0.5, 0.6) is 0 Å². The molecule has 0 N–H and O–H groups in total. The van der Waals surface area contributed by atoms with Crippen molar-refractivity contribution in [2.45, 2.75) is 35.8 Å². The van der Waals surface area contributed by atoms with Gasteiger partial charge < -0.3 is 0 Å². The van der Waals surface area contributed by atoms with Gasteiger partial charge in [-0.2, -0.15) is 57.1 Å². The maximum atomic E-state index is 13.8. The Morgan fingerprint density at radius 2 is 0.781 bits per heavy atom. The second-order valence-electron chi connectivity index (χ2n) is 5.64. The molecular formula is C13F18O. The van der Waals surface area contributed by atoms with Crippen LogP contribution >= 0.6 is 0 Å². The second kappa shape index (κ2) is 7.32. The zero-order chi connectivity index (χ0) is 26.0. The lowest BCUT2D eigenvalue weighted by molar-refractivity contribution is -0.417.